The summed E-state index contributed by atoms with van der Waals surface area (Å²) < 4.78 is 5.12. The molecule has 3 rings (SSSR count). The smallest absolute Gasteiger partial charge is 0.389 e. The molecule has 1 aliphatic carbocycles. The van der Waals surface area contributed by atoms with Crippen LogP contribution < -0.4 is 5.32 Å². The summed E-state index contributed by atoms with van der Waals surface area (Å²) in [6, 6.07) is 7.49. The van der Waals surface area contributed by atoms with Gasteiger partial charge in [0.25, 0.3) is 0 Å². The van der Waals surface area contributed by atoms with Crippen molar-refractivity contribution in [3.05, 3.63) is 76.0 Å². The number of nitrogens with one attached hydrogen (secondary N) is 1. The van der Waals surface area contributed by atoms with Crippen molar-refractivity contribution in [1.29, 1.82) is 0 Å². The van der Waals surface area contributed by atoms with E-state index in [0.717, 1.165) is 0 Å². The molecule has 1 aromatic rings. The van der Waals surface area contributed by atoms with Crippen LogP contribution in [-0.2, 0) is 9.53 Å². The average molecular weight is 284 g/mol. The molecule has 0 saturated carbocycles. The van der Waals surface area contributed by atoms with Gasteiger partial charge in [0.15, 0.2) is 0 Å². The van der Waals surface area contributed by atoms with Gasteiger partial charge in [0.05, 0.1) is 0 Å². The minimum Gasteiger partial charge on any atom is -0.448 e. The number of ether oxygens (including phenoxy) is 1. The fourth-order valence-corrected chi connectivity index (χ4v) is 2.34. The van der Waals surface area contributed by atoms with E-state index in [1.54, 1.807) is 36.4 Å². The van der Waals surface area contributed by atoms with Crippen molar-refractivity contribution in [3.63, 3.8) is 0 Å². The molecule has 0 saturated heterocycles. The summed E-state index contributed by atoms with van der Waals surface area (Å²) in [5.41, 5.74) is 1.54. The van der Waals surface area contributed by atoms with Crippen molar-refractivity contribution < 1.29 is 14.5 Å². The average Bonchev–Trinajstić information content (AvgIpc) is 2.47. The molecule has 2 atom stereocenters. The fourth-order valence-electron chi connectivity index (χ4n) is 2.34. The van der Waals surface area contributed by atoms with E-state index < -0.39 is 23.0 Å². The van der Waals surface area contributed by atoms with Gasteiger partial charge in [-0.05, 0) is 18.2 Å². The molecule has 1 heterocycles. The van der Waals surface area contributed by atoms with Crippen LogP contribution in [0.1, 0.15) is 0 Å². The molecule has 1 aliphatic heterocycles. The number of carbonyl (C=O) groups is 1. The second-order valence-electron chi connectivity index (χ2n) is 4.65. The Morgan fingerprint density at radius 2 is 1.95 bits per heavy atom. The number of para-hydroxylation sites is 1. The van der Waals surface area contributed by atoms with Crippen molar-refractivity contribution in [3.8, 4) is 0 Å². The highest BCUT2D eigenvalue weighted by Gasteiger charge is 2.44. The van der Waals surface area contributed by atoms with Gasteiger partial charge in [0, 0.05) is 16.2 Å². The normalized spacial score (nSPS) is 23.5. The molecule has 1 N–H and O–H groups in total. The van der Waals surface area contributed by atoms with E-state index in [0.29, 0.717) is 11.3 Å². The maximum atomic E-state index is 11.9. The van der Waals surface area contributed by atoms with Gasteiger partial charge >= 0.3 is 12.0 Å². The first-order chi connectivity index (χ1) is 10.2. The molecule has 0 radical (unpaired) electrons. The molecular weight excluding hydrogens is 272 g/mol. The lowest BCUT2D eigenvalue weighted by molar-refractivity contribution is -0.501. The van der Waals surface area contributed by atoms with Gasteiger partial charge in [-0.3, -0.25) is 10.1 Å². The molecule has 0 bridgehead atoms. The molecule has 0 spiro atoms. The predicted octanol–water partition coefficient (Wildman–Crippen LogP) is 2.05. The lowest BCUT2D eigenvalue weighted by Gasteiger charge is -2.28. The van der Waals surface area contributed by atoms with Gasteiger partial charge < -0.3 is 10.1 Å². The Kier molecular flexibility index (Phi) is 3.27. The van der Waals surface area contributed by atoms with Crippen molar-refractivity contribution in [2.45, 2.75) is 12.1 Å². The topological polar surface area (TPSA) is 81.5 Å². The molecule has 2 aliphatic rings. The summed E-state index contributed by atoms with van der Waals surface area (Å²) in [5.74, 6) is -0.855. The van der Waals surface area contributed by atoms with Gasteiger partial charge in [-0.15, -0.1) is 0 Å². The van der Waals surface area contributed by atoms with Crippen LogP contribution >= 0.6 is 0 Å². The molecule has 106 valence electrons. The SMILES string of the molecule is O=C1O[C@H]2C=CC=CC2=C(Nc2ccccc2)[C@H]1[N+](=O)[O-]. The van der Waals surface area contributed by atoms with Crippen molar-refractivity contribution in [2.24, 2.45) is 0 Å². The summed E-state index contributed by atoms with van der Waals surface area (Å²) in [6.45, 7) is 0. The molecule has 0 aromatic heterocycles. The first-order valence-electron chi connectivity index (χ1n) is 6.42. The first-order valence-corrected chi connectivity index (χ1v) is 6.42. The number of esters is 1. The van der Waals surface area contributed by atoms with Crippen LogP contribution in [0.25, 0.3) is 0 Å². The number of benzene rings is 1. The van der Waals surface area contributed by atoms with Crippen LogP contribution in [0.5, 0.6) is 0 Å². The first kappa shape index (κ1) is 13.1. The zero-order valence-electron chi connectivity index (χ0n) is 10.9. The lowest BCUT2D eigenvalue weighted by atomic mass is 9.95. The second kappa shape index (κ2) is 5.24. The van der Waals surface area contributed by atoms with Crippen LogP contribution in [0.15, 0.2) is 65.9 Å². The third kappa shape index (κ3) is 2.43. The largest absolute Gasteiger partial charge is 0.448 e. The fraction of sp³-hybridized carbons (Fsp3) is 0.133. The molecule has 21 heavy (non-hydrogen) atoms. The Morgan fingerprint density at radius 3 is 2.67 bits per heavy atom. The van der Waals surface area contributed by atoms with Gasteiger partial charge in [-0.1, -0.05) is 36.4 Å². The third-order valence-corrected chi connectivity index (χ3v) is 3.29. The maximum Gasteiger partial charge on any atom is 0.389 e. The zero-order valence-corrected chi connectivity index (χ0v) is 10.9. The lowest BCUT2D eigenvalue weighted by Crippen LogP contribution is -2.44. The Balaban J connectivity index is 2.06. The van der Waals surface area contributed by atoms with Crippen LogP contribution in [0.4, 0.5) is 5.69 Å². The number of anilines is 1. The second-order valence-corrected chi connectivity index (χ2v) is 4.65. The van der Waals surface area contributed by atoms with Crippen LogP contribution in [0.2, 0.25) is 0 Å². The molecule has 0 unspecified atom stereocenters. The number of allylic oxidation sites excluding steroid dienone is 2. The van der Waals surface area contributed by atoms with E-state index in [2.05, 4.69) is 5.32 Å². The number of rotatable bonds is 3. The minimum atomic E-state index is -1.53. The van der Waals surface area contributed by atoms with E-state index in [4.69, 9.17) is 4.74 Å². The number of fused-ring (bicyclic) bond motifs is 1. The Labute approximate surface area is 120 Å². The quantitative estimate of drug-likeness (QED) is 0.522. The van der Waals surface area contributed by atoms with E-state index >= 15 is 0 Å². The van der Waals surface area contributed by atoms with E-state index in [1.807, 2.05) is 18.2 Å². The third-order valence-electron chi connectivity index (χ3n) is 3.29. The Morgan fingerprint density at radius 1 is 1.19 bits per heavy atom. The number of hydrogen-bond acceptors (Lipinski definition) is 5. The Hall–Kier alpha value is -2.89. The van der Waals surface area contributed by atoms with E-state index in [-0.39, 0.29) is 5.70 Å². The van der Waals surface area contributed by atoms with E-state index in [1.165, 1.54) is 0 Å². The molecule has 6 heteroatoms. The number of nitro groups is 1. The number of nitrogens with zero attached hydrogens (tertiary/aromatic N) is 1. The van der Waals surface area contributed by atoms with Crippen molar-refractivity contribution in [1.82, 2.24) is 0 Å². The predicted molar refractivity (Wildman–Crippen MR) is 76.0 cm³/mol. The molecule has 1 aromatic carbocycles. The van der Waals surface area contributed by atoms with Gasteiger partial charge in [0.1, 0.15) is 11.8 Å². The van der Waals surface area contributed by atoms with Crippen molar-refractivity contribution in [2.75, 3.05) is 5.32 Å². The molecular formula is C15H12N2O4. The Bertz CT molecular complexity index is 676. The summed E-state index contributed by atoms with van der Waals surface area (Å²) in [7, 11) is 0. The van der Waals surface area contributed by atoms with Gasteiger partial charge in [-0.2, -0.15) is 0 Å². The molecule has 0 fully saturated rings. The summed E-state index contributed by atoms with van der Waals surface area (Å²) in [5, 5.41) is 14.2. The van der Waals surface area contributed by atoms with Crippen LogP contribution in [0, 0.1) is 10.1 Å². The number of carbonyl (C=O) groups excluding carboxylic acids is 1. The van der Waals surface area contributed by atoms with Gasteiger partial charge in [-0.25, -0.2) is 4.79 Å². The standard InChI is InChI=1S/C15H12N2O4/c18-15-14(17(19)20)13(16-10-6-2-1-3-7-10)11-8-4-5-9-12(11)21-15/h1-9,12,14,16H/t12-,14+/m0/s1. The maximum absolute atomic E-state index is 11.9. The summed E-state index contributed by atoms with van der Waals surface area (Å²) in [4.78, 5) is 22.5. The summed E-state index contributed by atoms with van der Waals surface area (Å²) >= 11 is 0. The van der Waals surface area contributed by atoms with Crippen LogP contribution in [0.3, 0.4) is 0 Å². The minimum absolute atomic E-state index is 0.257. The van der Waals surface area contributed by atoms with E-state index in [9.17, 15) is 14.9 Å². The highest BCUT2D eigenvalue weighted by molar-refractivity contribution is 5.83. The number of hydrogen-bond donors (Lipinski definition) is 1. The molecule has 0 amide bonds. The van der Waals surface area contributed by atoms with Crippen LogP contribution in [-0.4, -0.2) is 23.0 Å². The highest BCUT2D eigenvalue weighted by atomic mass is 16.6. The van der Waals surface area contributed by atoms with Crippen molar-refractivity contribution >= 4 is 11.7 Å². The monoisotopic (exact) mass is 284 g/mol. The van der Waals surface area contributed by atoms with Gasteiger partial charge in [0.2, 0.25) is 0 Å². The highest BCUT2D eigenvalue weighted by Crippen LogP contribution is 2.29. The molecule has 6 nitrogen and oxygen atoms in total. The zero-order chi connectivity index (χ0) is 14.8. The summed E-state index contributed by atoms with van der Waals surface area (Å²) in [6.07, 6.45) is 6.34.